The molecule has 47 heavy (non-hydrogen) atoms. The van der Waals surface area contributed by atoms with Gasteiger partial charge < -0.3 is 29.3 Å². The maximum Gasteiger partial charge on any atom is 0.421 e. The fourth-order valence-corrected chi connectivity index (χ4v) is 7.24. The highest BCUT2D eigenvalue weighted by atomic mass is 31.2. The first kappa shape index (κ1) is 32.4. The lowest BCUT2D eigenvalue weighted by Crippen LogP contribution is -2.18. The normalized spacial score (nSPS) is 18.3. The average molecular weight is 676 g/mol. The largest absolute Gasteiger partial charge is 0.495 e. The third-order valence-electron chi connectivity index (χ3n) is 7.64. The van der Waals surface area contributed by atoms with Gasteiger partial charge in [-0.3, -0.25) is 14.0 Å². The van der Waals surface area contributed by atoms with Crippen LogP contribution in [0.5, 0.6) is 5.75 Å². The summed E-state index contributed by atoms with van der Waals surface area (Å²) in [4.78, 5) is 22.5. The summed E-state index contributed by atoms with van der Waals surface area (Å²) >= 11 is 0. The highest BCUT2D eigenvalue weighted by Crippen LogP contribution is 2.52. The number of hydrogen-bond donors (Lipinski definition) is 2. The number of ether oxygens (including phenoxy) is 1. The lowest BCUT2D eigenvalue weighted by atomic mass is 9.96. The summed E-state index contributed by atoms with van der Waals surface area (Å²) in [6.07, 6.45) is -0.938. The number of alkyl halides is 3. The van der Waals surface area contributed by atoms with Crippen LogP contribution in [0.15, 0.2) is 42.9 Å². The Kier molecular flexibility index (Phi) is 8.68. The maximum absolute atomic E-state index is 15.9. The smallest absolute Gasteiger partial charge is 0.421 e. The number of carbonyl (C=O) groups excluding carboxylic acids is 1. The van der Waals surface area contributed by atoms with Crippen LogP contribution in [-0.2, 0) is 39.0 Å². The van der Waals surface area contributed by atoms with E-state index in [2.05, 4.69) is 25.7 Å². The molecule has 0 saturated heterocycles. The van der Waals surface area contributed by atoms with E-state index in [1.165, 1.54) is 25.3 Å². The first-order chi connectivity index (χ1) is 22.4. The van der Waals surface area contributed by atoms with Crippen molar-refractivity contribution in [3.05, 3.63) is 70.9 Å². The van der Waals surface area contributed by atoms with E-state index in [1.54, 1.807) is 36.0 Å². The number of hydrogen-bond acceptors (Lipinski definition) is 10. The van der Waals surface area contributed by atoms with Crippen molar-refractivity contribution in [3.8, 4) is 16.9 Å². The molecule has 0 radical (unpaired) electrons. The number of aryl methyl sites for hydroxylation is 1. The minimum Gasteiger partial charge on any atom is -0.495 e. The topological polar surface area (TPSA) is 133 Å². The second kappa shape index (κ2) is 12.6. The quantitative estimate of drug-likeness (QED) is 0.178. The minimum absolute atomic E-state index is 0.0115. The van der Waals surface area contributed by atoms with E-state index in [0.717, 1.165) is 6.07 Å². The molecule has 12 nitrogen and oxygen atoms in total. The van der Waals surface area contributed by atoms with Crippen LogP contribution in [0.3, 0.4) is 0 Å². The molecule has 17 heteroatoms. The Morgan fingerprint density at radius 1 is 1.13 bits per heavy atom. The van der Waals surface area contributed by atoms with E-state index in [0.29, 0.717) is 36.0 Å². The molecule has 2 aromatic carbocycles. The summed E-state index contributed by atoms with van der Waals surface area (Å²) in [5, 5.41) is 9.74. The molecule has 8 rings (SSSR count). The molecule has 6 heterocycles. The number of rotatable bonds is 3. The monoisotopic (exact) mass is 675 g/mol. The van der Waals surface area contributed by atoms with Gasteiger partial charge in [-0.1, -0.05) is 6.07 Å². The number of methoxy groups -OCH3 is 1. The van der Waals surface area contributed by atoms with Gasteiger partial charge in [0.25, 0.3) is 5.91 Å². The SMILES string of the molecule is CCO[P@@]1(=O)Cc2ccc(c(OC)c2)Nc2ncc(C(F)(F)F)c(n2)Nc2cc(F)c(c3c2C(=O)N(C)C3)-c2cnn(c2)CCCO1. The number of halogens is 4. The van der Waals surface area contributed by atoms with Crippen molar-refractivity contribution < 1.29 is 40.7 Å². The van der Waals surface area contributed by atoms with Gasteiger partial charge in [0.2, 0.25) is 5.95 Å². The molecule has 8 bridgehead atoms. The van der Waals surface area contributed by atoms with E-state index in [4.69, 9.17) is 13.8 Å². The summed E-state index contributed by atoms with van der Waals surface area (Å²) in [6.45, 7) is 2.27. The molecule has 4 aliphatic heterocycles. The molecule has 2 N–H and O–H groups in total. The Balaban J connectivity index is 1.50. The zero-order chi connectivity index (χ0) is 33.5. The first-order valence-corrected chi connectivity index (χ1v) is 16.3. The molecule has 0 aliphatic carbocycles. The Labute approximate surface area is 266 Å². The summed E-state index contributed by atoms with van der Waals surface area (Å²) in [5.74, 6) is -1.98. The molecule has 4 aromatic rings. The van der Waals surface area contributed by atoms with Gasteiger partial charge in [-0.15, -0.1) is 0 Å². The van der Waals surface area contributed by atoms with Crippen molar-refractivity contribution in [1.82, 2.24) is 24.6 Å². The molecule has 248 valence electrons. The molecule has 2 aromatic heterocycles. The van der Waals surface area contributed by atoms with E-state index in [-0.39, 0.29) is 60.0 Å². The molecule has 1 amide bonds. The number of carbonyl (C=O) groups is 1. The van der Waals surface area contributed by atoms with Crippen LogP contribution < -0.4 is 15.4 Å². The van der Waals surface area contributed by atoms with Gasteiger partial charge in [0.15, 0.2) is 0 Å². The van der Waals surface area contributed by atoms with Crippen LogP contribution in [0.2, 0.25) is 0 Å². The van der Waals surface area contributed by atoms with Gasteiger partial charge in [0, 0.05) is 43.7 Å². The molecule has 0 saturated carbocycles. The Morgan fingerprint density at radius 2 is 1.94 bits per heavy atom. The van der Waals surface area contributed by atoms with E-state index in [1.807, 2.05) is 0 Å². The fraction of sp³-hybridized carbons (Fsp3) is 0.333. The Morgan fingerprint density at radius 3 is 2.68 bits per heavy atom. The van der Waals surface area contributed by atoms with E-state index < -0.39 is 36.9 Å². The maximum atomic E-state index is 15.9. The summed E-state index contributed by atoms with van der Waals surface area (Å²) in [6, 6.07) is 5.77. The first-order valence-electron chi connectivity index (χ1n) is 14.6. The fourth-order valence-electron chi connectivity index (χ4n) is 5.54. The van der Waals surface area contributed by atoms with Crippen molar-refractivity contribution in [2.45, 2.75) is 38.8 Å². The summed E-state index contributed by atoms with van der Waals surface area (Å²) in [7, 11) is -0.696. The Hall–Kier alpha value is -4.53. The molecule has 4 aliphatic rings. The standard InChI is InChI=1S/C30H30F4N7O5P/c1-4-45-47(43)16-17-6-7-22(24(10-17)44-3)38-29-35-13-20(30(32,33)34)27(39-29)37-23-11-21(31)25(19-15-40(2)28(42)26(19)23)18-12-36-41(14-18)8-5-9-46-47/h6-7,10-14H,4-5,8-9,15-16H2,1-3H3,(H2,35,37,38,39)/t47-/m0/s1. The van der Waals surface area contributed by atoms with Crippen LogP contribution in [0, 0.1) is 5.82 Å². The molecule has 0 spiro atoms. The number of aromatic nitrogens is 4. The lowest BCUT2D eigenvalue weighted by Gasteiger charge is -2.19. The number of amides is 1. The van der Waals surface area contributed by atoms with Crippen molar-refractivity contribution >= 4 is 36.6 Å². The third-order valence-corrected chi connectivity index (χ3v) is 9.62. The minimum atomic E-state index is -4.89. The summed E-state index contributed by atoms with van der Waals surface area (Å²) < 4.78 is 90.3. The zero-order valence-corrected chi connectivity index (χ0v) is 26.4. The predicted octanol–water partition coefficient (Wildman–Crippen LogP) is 6.73. The van der Waals surface area contributed by atoms with E-state index >= 15 is 4.39 Å². The van der Waals surface area contributed by atoms with Crippen molar-refractivity contribution in [2.75, 3.05) is 38.0 Å². The van der Waals surface area contributed by atoms with Gasteiger partial charge in [0.05, 0.1) is 49.6 Å². The lowest BCUT2D eigenvalue weighted by molar-refractivity contribution is -0.137. The average Bonchev–Trinajstić information content (AvgIpc) is 3.59. The Bertz CT molecular complexity index is 1900. The van der Waals surface area contributed by atoms with Crippen molar-refractivity contribution in [3.63, 3.8) is 0 Å². The van der Waals surface area contributed by atoms with Gasteiger partial charge >= 0.3 is 13.8 Å². The van der Waals surface area contributed by atoms with Crippen molar-refractivity contribution in [2.24, 2.45) is 0 Å². The highest BCUT2D eigenvalue weighted by Gasteiger charge is 2.38. The van der Waals surface area contributed by atoms with Gasteiger partial charge in [-0.05, 0) is 42.7 Å². The third kappa shape index (κ3) is 6.53. The van der Waals surface area contributed by atoms with Gasteiger partial charge in [-0.25, -0.2) is 9.37 Å². The molecular weight excluding hydrogens is 645 g/mol. The predicted molar refractivity (Wildman–Crippen MR) is 164 cm³/mol. The molecular formula is C30H30F4N7O5P. The highest BCUT2D eigenvalue weighted by molar-refractivity contribution is 7.53. The molecule has 0 fully saturated rings. The zero-order valence-electron chi connectivity index (χ0n) is 25.5. The van der Waals surface area contributed by atoms with Crippen LogP contribution in [0.25, 0.3) is 11.1 Å². The number of nitrogens with zero attached hydrogens (tertiary/aromatic N) is 5. The second-order valence-corrected chi connectivity index (χ2v) is 13.0. The number of nitrogens with one attached hydrogen (secondary N) is 2. The van der Waals surface area contributed by atoms with Gasteiger partial charge in [0.1, 0.15) is 22.9 Å². The molecule has 0 unspecified atom stereocenters. The van der Waals surface area contributed by atoms with Crippen LogP contribution in [-0.4, -0.2) is 57.9 Å². The van der Waals surface area contributed by atoms with Crippen LogP contribution >= 0.6 is 7.60 Å². The van der Waals surface area contributed by atoms with E-state index in [9.17, 15) is 22.5 Å². The van der Waals surface area contributed by atoms with Crippen LogP contribution in [0.1, 0.15) is 40.4 Å². The van der Waals surface area contributed by atoms with Crippen LogP contribution in [0.4, 0.5) is 40.7 Å². The number of benzene rings is 2. The second-order valence-electron chi connectivity index (χ2n) is 10.9. The summed E-state index contributed by atoms with van der Waals surface area (Å²) in [5.41, 5.74) is 0.214. The van der Waals surface area contributed by atoms with Gasteiger partial charge in [-0.2, -0.15) is 23.3 Å². The molecule has 1 atom stereocenters. The number of anilines is 4. The number of fused-ring (bicyclic) bond motifs is 1. The van der Waals surface area contributed by atoms with Crippen molar-refractivity contribution in [1.29, 1.82) is 0 Å².